The van der Waals surface area contributed by atoms with E-state index in [0.29, 0.717) is 34.6 Å². The first-order chi connectivity index (χ1) is 15.9. The SMILES string of the molecule is CCC1=CC=C(c2ccc(/C=C/c3ccc(C4CCC(C)CC4)c(F)c3F)cc2)C(F)C1F. The topological polar surface area (TPSA) is 0 Å². The number of hydrogen-bond donors (Lipinski definition) is 0. The van der Waals surface area contributed by atoms with Gasteiger partial charge in [-0.2, -0.15) is 0 Å². The molecule has 2 aromatic rings. The van der Waals surface area contributed by atoms with E-state index in [9.17, 15) is 17.6 Å². The summed E-state index contributed by atoms with van der Waals surface area (Å²) in [6.45, 7) is 4.01. The van der Waals surface area contributed by atoms with Gasteiger partial charge in [0, 0.05) is 5.56 Å². The summed E-state index contributed by atoms with van der Waals surface area (Å²) in [4.78, 5) is 0. The molecule has 4 rings (SSSR count). The maximum Gasteiger partial charge on any atom is 0.166 e. The van der Waals surface area contributed by atoms with Crippen molar-refractivity contribution in [2.45, 2.75) is 64.2 Å². The minimum atomic E-state index is -1.69. The highest BCUT2D eigenvalue weighted by Gasteiger charge is 2.30. The molecule has 0 heterocycles. The first kappa shape index (κ1) is 23.5. The molecule has 0 amide bonds. The average molecular weight is 455 g/mol. The number of allylic oxidation sites excluding steroid dienone is 4. The predicted molar refractivity (Wildman–Crippen MR) is 128 cm³/mol. The zero-order valence-electron chi connectivity index (χ0n) is 19.1. The molecule has 174 valence electrons. The lowest BCUT2D eigenvalue weighted by molar-refractivity contribution is 0.239. The Morgan fingerprint density at radius 2 is 1.52 bits per heavy atom. The third-order valence-electron chi connectivity index (χ3n) is 7.09. The molecule has 0 N–H and O–H groups in total. The quantitative estimate of drug-likeness (QED) is 0.313. The van der Waals surface area contributed by atoms with Crippen LogP contribution in [0.25, 0.3) is 17.7 Å². The van der Waals surface area contributed by atoms with Crippen LogP contribution in [-0.4, -0.2) is 12.3 Å². The first-order valence-electron chi connectivity index (χ1n) is 11.8. The zero-order chi connectivity index (χ0) is 23.5. The van der Waals surface area contributed by atoms with E-state index in [0.717, 1.165) is 31.2 Å². The van der Waals surface area contributed by atoms with Crippen molar-refractivity contribution in [3.8, 4) is 0 Å². The van der Waals surface area contributed by atoms with E-state index >= 15 is 0 Å². The van der Waals surface area contributed by atoms with Gasteiger partial charge in [0.05, 0.1) is 0 Å². The molecule has 2 aliphatic carbocycles. The van der Waals surface area contributed by atoms with Gasteiger partial charge in [-0.15, -0.1) is 0 Å². The molecule has 33 heavy (non-hydrogen) atoms. The van der Waals surface area contributed by atoms with Crippen molar-refractivity contribution in [1.29, 1.82) is 0 Å². The molecule has 1 fully saturated rings. The Morgan fingerprint density at radius 3 is 2.18 bits per heavy atom. The average Bonchev–Trinajstić information content (AvgIpc) is 2.83. The predicted octanol–water partition coefficient (Wildman–Crippen LogP) is 8.84. The maximum atomic E-state index is 14.8. The number of alkyl halides is 2. The van der Waals surface area contributed by atoms with Crippen LogP contribution in [0.4, 0.5) is 17.6 Å². The second-order valence-corrected chi connectivity index (χ2v) is 9.30. The van der Waals surface area contributed by atoms with Crippen LogP contribution < -0.4 is 0 Å². The lowest BCUT2D eigenvalue weighted by Crippen LogP contribution is -2.23. The lowest BCUT2D eigenvalue weighted by atomic mass is 9.79. The highest BCUT2D eigenvalue weighted by Crippen LogP contribution is 2.38. The molecule has 2 unspecified atom stereocenters. The zero-order valence-corrected chi connectivity index (χ0v) is 19.1. The monoisotopic (exact) mass is 454 g/mol. The molecule has 2 atom stereocenters. The van der Waals surface area contributed by atoms with Gasteiger partial charge in [0.15, 0.2) is 24.0 Å². The van der Waals surface area contributed by atoms with E-state index < -0.39 is 24.0 Å². The minimum Gasteiger partial charge on any atom is -0.239 e. The Bertz CT molecular complexity index is 1070. The third-order valence-corrected chi connectivity index (χ3v) is 7.09. The molecule has 0 nitrogen and oxygen atoms in total. The van der Waals surface area contributed by atoms with Gasteiger partial charge in [-0.1, -0.05) is 87.4 Å². The summed E-state index contributed by atoms with van der Waals surface area (Å²) < 4.78 is 58.3. The van der Waals surface area contributed by atoms with Crippen molar-refractivity contribution in [1.82, 2.24) is 0 Å². The molecule has 0 bridgehead atoms. The minimum absolute atomic E-state index is 0.0851. The van der Waals surface area contributed by atoms with Crippen LogP contribution in [0, 0.1) is 17.6 Å². The summed E-state index contributed by atoms with van der Waals surface area (Å²) in [5.41, 5.74) is 2.82. The van der Waals surface area contributed by atoms with Gasteiger partial charge < -0.3 is 0 Å². The van der Waals surface area contributed by atoms with Crippen LogP contribution in [0.3, 0.4) is 0 Å². The highest BCUT2D eigenvalue weighted by atomic mass is 19.2. The lowest BCUT2D eigenvalue weighted by Gasteiger charge is -2.27. The van der Waals surface area contributed by atoms with Crippen molar-refractivity contribution in [3.63, 3.8) is 0 Å². The van der Waals surface area contributed by atoms with E-state index in [1.807, 2.05) is 6.92 Å². The molecule has 0 radical (unpaired) electrons. The van der Waals surface area contributed by atoms with Gasteiger partial charge in [0.1, 0.15) is 0 Å². The van der Waals surface area contributed by atoms with Crippen molar-refractivity contribution >= 4 is 17.7 Å². The highest BCUT2D eigenvalue weighted by molar-refractivity contribution is 5.75. The number of rotatable bonds is 5. The second kappa shape index (κ2) is 10.1. The van der Waals surface area contributed by atoms with E-state index in [1.54, 1.807) is 60.7 Å². The molecule has 2 aromatic carbocycles. The van der Waals surface area contributed by atoms with E-state index in [1.165, 1.54) is 0 Å². The summed E-state index contributed by atoms with van der Waals surface area (Å²) in [5.74, 6) is -0.830. The molecule has 0 aliphatic heterocycles. The molecule has 0 spiro atoms. The van der Waals surface area contributed by atoms with Crippen LogP contribution in [0.1, 0.15) is 74.1 Å². The van der Waals surface area contributed by atoms with Gasteiger partial charge in [-0.25, -0.2) is 17.6 Å². The Balaban J connectivity index is 1.49. The van der Waals surface area contributed by atoms with Crippen LogP contribution in [0.5, 0.6) is 0 Å². The normalized spacial score (nSPS) is 25.8. The Hall–Kier alpha value is -2.62. The number of hydrogen-bond acceptors (Lipinski definition) is 0. The van der Waals surface area contributed by atoms with Crippen molar-refractivity contribution in [3.05, 3.63) is 88.0 Å². The molecule has 0 aromatic heterocycles. The summed E-state index contributed by atoms with van der Waals surface area (Å²) in [6, 6.07) is 10.3. The smallest absolute Gasteiger partial charge is 0.166 e. The largest absolute Gasteiger partial charge is 0.239 e. The number of benzene rings is 2. The maximum absolute atomic E-state index is 14.8. The molecule has 4 heteroatoms. The van der Waals surface area contributed by atoms with Gasteiger partial charge in [-0.3, -0.25) is 0 Å². The molecule has 1 saturated carbocycles. The van der Waals surface area contributed by atoms with Crippen molar-refractivity contribution in [2.24, 2.45) is 5.92 Å². The fourth-order valence-electron chi connectivity index (χ4n) is 4.86. The van der Waals surface area contributed by atoms with Crippen LogP contribution >= 0.6 is 0 Å². The van der Waals surface area contributed by atoms with Crippen LogP contribution in [0.2, 0.25) is 0 Å². The summed E-state index contributed by atoms with van der Waals surface area (Å²) in [7, 11) is 0. The van der Waals surface area contributed by atoms with Gasteiger partial charge in [0.25, 0.3) is 0 Å². The Kier molecular flexibility index (Phi) is 7.21. The summed E-state index contributed by atoms with van der Waals surface area (Å²) in [5, 5.41) is 0. The van der Waals surface area contributed by atoms with Gasteiger partial charge >= 0.3 is 0 Å². The van der Waals surface area contributed by atoms with Crippen LogP contribution in [-0.2, 0) is 0 Å². The fourth-order valence-corrected chi connectivity index (χ4v) is 4.86. The van der Waals surface area contributed by atoms with E-state index in [-0.39, 0.29) is 11.5 Å². The van der Waals surface area contributed by atoms with Gasteiger partial charge in [-0.05, 0) is 58.9 Å². The summed E-state index contributed by atoms with van der Waals surface area (Å²) in [6.07, 6.45) is 7.59. The van der Waals surface area contributed by atoms with Crippen molar-refractivity contribution in [2.75, 3.05) is 0 Å². The fraction of sp³-hybridized carbons (Fsp3) is 0.379. The second-order valence-electron chi connectivity index (χ2n) is 9.30. The van der Waals surface area contributed by atoms with Crippen molar-refractivity contribution < 1.29 is 17.6 Å². The Labute approximate surface area is 193 Å². The Morgan fingerprint density at radius 1 is 0.818 bits per heavy atom. The van der Waals surface area contributed by atoms with Gasteiger partial charge in [0.2, 0.25) is 0 Å². The van der Waals surface area contributed by atoms with E-state index in [2.05, 4.69) is 6.92 Å². The van der Waals surface area contributed by atoms with E-state index in [4.69, 9.17) is 0 Å². The summed E-state index contributed by atoms with van der Waals surface area (Å²) >= 11 is 0. The van der Waals surface area contributed by atoms with Crippen LogP contribution in [0.15, 0.2) is 54.1 Å². The standard InChI is InChI=1S/C29H30F4/c1-3-20-14-16-24(28(32)26(20)30)22-11-6-19(7-12-22)8-13-23-15-17-25(29(33)27(23)31)21-9-4-18(2)5-10-21/h6-8,11-18,21,26,28H,3-5,9-10H2,1-2H3/b13-8+. The molecular weight excluding hydrogens is 424 g/mol. The molecule has 0 saturated heterocycles. The first-order valence-corrected chi connectivity index (χ1v) is 11.8. The third kappa shape index (κ3) is 5.00. The number of halogens is 4. The molecular formula is C29H30F4. The molecule has 2 aliphatic rings.